The van der Waals surface area contributed by atoms with Crippen LogP contribution in [0.1, 0.15) is 45.1 Å². The topological polar surface area (TPSA) is 81.7 Å². The van der Waals surface area contributed by atoms with E-state index in [1.165, 1.54) is 0 Å². The molecule has 1 fully saturated rings. The summed E-state index contributed by atoms with van der Waals surface area (Å²) >= 11 is 0. The molecular weight excluding hydrogens is 366 g/mol. The minimum absolute atomic E-state index is 0.0378. The standard InChI is InChI=1S/C21H29N7O/c1-14-24-19-16(11-23-26(19)5)20(25-14)27-8-6-15(7-9-27)12-28-13-22-17(10-18(28)29)21(2,3)4/h10-11,13,15H,6-9,12H2,1-5H3. The lowest BCUT2D eigenvalue weighted by Gasteiger charge is -2.33. The average molecular weight is 396 g/mol. The van der Waals surface area contributed by atoms with E-state index in [0.29, 0.717) is 5.92 Å². The second kappa shape index (κ2) is 7.24. The van der Waals surface area contributed by atoms with E-state index in [1.807, 2.05) is 20.2 Å². The first kappa shape index (κ1) is 19.5. The van der Waals surface area contributed by atoms with E-state index < -0.39 is 0 Å². The summed E-state index contributed by atoms with van der Waals surface area (Å²) in [6, 6.07) is 1.68. The molecule has 3 aromatic rings. The number of hydrogen-bond acceptors (Lipinski definition) is 6. The third kappa shape index (κ3) is 3.88. The van der Waals surface area contributed by atoms with Gasteiger partial charge in [-0.2, -0.15) is 5.10 Å². The second-order valence-electron chi connectivity index (χ2n) is 9.05. The van der Waals surface area contributed by atoms with Crippen molar-refractivity contribution in [2.75, 3.05) is 18.0 Å². The van der Waals surface area contributed by atoms with Gasteiger partial charge in [0.2, 0.25) is 0 Å². The number of rotatable bonds is 3. The van der Waals surface area contributed by atoms with Crippen LogP contribution in [0, 0.1) is 12.8 Å². The molecule has 0 atom stereocenters. The van der Waals surface area contributed by atoms with Crippen molar-refractivity contribution < 1.29 is 0 Å². The number of piperidine rings is 1. The molecule has 0 aliphatic carbocycles. The van der Waals surface area contributed by atoms with Crippen LogP contribution in [0.15, 0.2) is 23.4 Å². The molecule has 154 valence electrons. The molecule has 3 aromatic heterocycles. The number of anilines is 1. The molecule has 0 radical (unpaired) electrons. The Kier molecular flexibility index (Phi) is 4.88. The highest BCUT2D eigenvalue weighted by Crippen LogP contribution is 2.28. The Balaban J connectivity index is 1.46. The monoisotopic (exact) mass is 395 g/mol. The summed E-state index contributed by atoms with van der Waals surface area (Å²) in [5.74, 6) is 2.18. The van der Waals surface area contributed by atoms with E-state index in [1.54, 1.807) is 21.6 Å². The van der Waals surface area contributed by atoms with Crippen molar-refractivity contribution in [2.24, 2.45) is 13.0 Å². The lowest BCUT2D eigenvalue weighted by molar-refractivity contribution is 0.349. The van der Waals surface area contributed by atoms with Gasteiger partial charge < -0.3 is 4.90 Å². The van der Waals surface area contributed by atoms with Gasteiger partial charge in [0.15, 0.2) is 5.65 Å². The van der Waals surface area contributed by atoms with E-state index >= 15 is 0 Å². The van der Waals surface area contributed by atoms with Gasteiger partial charge in [0.05, 0.1) is 23.6 Å². The molecule has 0 spiro atoms. The molecule has 1 aliphatic rings. The van der Waals surface area contributed by atoms with E-state index in [-0.39, 0.29) is 11.0 Å². The predicted molar refractivity (Wildman–Crippen MR) is 113 cm³/mol. The van der Waals surface area contributed by atoms with Crippen LogP contribution in [0.5, 0.6) is 0 Å². The Bertz CT molecular complexity index is 1080. The number of hydrogen-bond donors (Lipinski definition) is 0. The molecule has 1 saturated heterocycles. The molecule has 0 aromatic carbocycles. The SMILES string of the molecule is Cc1nc(N2CCC(Cn3cnc(C(C)(C)C)cc3=O)CC2)c2cnn(C)c2n1. The summed E-state index contributed by atoms with van der Waals surface area (Å²) < 4.78 is 3.55. The molecule has 4 rings (SSSR count). The molecule has 8 heteroatoms. The molecule has 8 nitrogen and oxygen atoms in total. The molecule has 1 aliphatic heterocycles. The molecule has 0 N–H and O–H groups in total. The van der Waals surface area contributed by atoms with Gasteiger partial charge in [0.25, 0.3) is 5.56 Å². The molecule has 0 amide bonds. The average Bonchev–Trinajstić information content (AvgIpc) is 3.03. The van der Waals surface area contributed by atoms with Crippen molar-refractivity contribution in [3.63, 3.8) is 0 Å². The summed E-state index contributed by atoms with van der Waals surface area (Å²) in [5, 5.41) is 5.33. The van der Waals surface area contributed by atoms with Crippen LogP contribution in [0.4, 0.5) is 5.82 Å². The third-order valence-corrected chi connectivity index (χ3v) is 5.70. The van der Waals surface area contributed by atoms with Gasteiger partial charge >= 0.3 is 0 Å². The lowest BCUT2D eigenvalue weighted by atomic mass is 9.92. The first-order valence-corrected chi connectivity index (χ1v) is 10.2. The van der Waals surface area contributed by atoms with Crippen molar-refractivity contribution in [1.29, 1.82) is 0 Å². The van der Waals surface area contributed by atoms with Crippen molar-refractivity contribution in [3.05, 3.63) is 40.5 Å². The maximum Gasteiger partial charge on any atom is 0.253 e. The van der Waals surface area contributed by atoms with Crippen molar-refractivity contribution >= 4 is 16.9 Å². The normalized spacial score (nSPS) is 16.0. The molecular formula is C21H29N7O. The first-order chi connectivity index (χ1) is 13.7. The smallest absolute Gasteiger partial charge is 0.253 e. The fraction of sp³-hybridized carbons (Fsp3) is 0.571. The molecule has 0 bridgehead atoms. The Labute approximate surface area is 170 Å². The van der Waals surface area contributed by atoms with Gasteiger partial charge in [-0.1, -0.05) is 20.8 Å². The zero-order valence-corrected chi connectivity index (χ0v) is 17.9. The zero-order chi connectivity index (χ0) is 20.8. The Morgan fingerprint density at radius 3 is 2.55 bits per heavy atom. The summed E-state index contributed by atoms with van der Waals surface area (Å²) in [4.78, 5) is 28.6. The largest absolute Gasteiger partial charge is 0.356 e. The van der Waals surface area contributed by atoms with Crippen LogP contribution in [0.3, 0.4) is 0 Å². The number of nitrogens with zero attached hydrogens (tertiary/aromatic N) is 7. The van der Waals surface area contributed by atoms with Crippen LogP contribution < -0.4 is 10.5 Å². The van der Waals surface area contributed by atoms with Gasteiger partial charge in [-0.15, -0.1) is 0 Å². The predicted octanol–water partition coefficient (Wildman–Crippen LogP) is 2.44. The zero-order valence-electron chi connectivity index (χ0n) is 17.9. The molecule has 29 heavy (non-hydrogen) atoms. The van der Waals surface area contributed by atoms with Crippen molar-refractivity contribution in [2.45, 2.75) is 52.5 Å². The maximum absolute atomic E-state index is 12.5. The number of fused-ring (bicyclic) bond motifs is 1. The molecule has 0 saturated carbocycles. The second-order valence-corrected chi connectivity index (χ2v) is 9.05. The van der Waals surface area contributed by atoms with E-state index in [0.717, 1.165) is 60.8 Å². The quantitative estimate of drug-likeness (QED) is 0.677. The van der Waals surface area contributed by atoms with Crippen LogP contribution in [-0.4, -0.2) is 42.4 Å². The van der Waals surface area contributed by atoms with Gasteiger partial charge in [-0.05, 0) is 25.7 Å². The first-order valence-electron chi connectivity index (χ1n) is 10.2. The Morgan fingerprint density at radius 1 is 1.17 bits per heavy atom. The summed E-state index contributed by atoms with van der Waals surface area (Å²) in [5.41, 5.74) is 1.63. The highest BCUT2D eigenvalue weighted by molar-refractivity contribution is 5.87. The Morgan fingerprint density at radius 2 is 1.90 bits per heavy atom. The van der Waals surface area contributed by atoms with Gasteiger partial charge in [0, 0.05) is 38.2 Å². The minimum atomic E-state index is -0.114. The Hall–Kier alpha value is -2.77. The summed E-state index contributed by atoms with van der Waals surface area (Å²) in [6.07, 6.45) is 5.58. The van der Waals surface area contributed by atoms with Gasteiger partial charge in [-0.25, -0.2) is 15.0 Å². The van der Waals surface area contributed by atoms with E-state index in [4.69, 9.17) is 4.98 Å². The fourth-order valence-corrected chi connectivity index (χ4v) is 3.93. The fourth-order valence-electron chi connectivity index (χ4n) is 3.93. The summed E-state index contributed by atoms with van der Waals surface area (Å²) in [7, 11) is 1.90. The van der Waals surface area contributed by atoms with Gasteiger partial charge in [-0.3, -0.25) is 14.0 Å². The lowest BCUT2D eigenvalue weighted by Crippen LogP contribution is -2.37. The highest BCUT2D eigenvalue weighted by Gasteiger charge is 2.24. The number of aryl methyl sites for hydroxylation is 2. The van der Waals surface area contributed by atoms with Crippen LogP contribution in [-0.2, 0) is 19.0 Å². The van der Waals surface area contributed by atoms with E-state index in [2.05, 4.69) is 40.7 Å². The number of aromatic nitrogens is 6. The highest BCUT2D eigenvalue weighted by atomic mass is 16.1. The maximum atomic E-state index is 12.5. The van der Waals surface area contributed by atoms with Crippen LogP contribution in [0.25, 0.3) is 11.0 Å². The molecule has 4 heterocycles. The molecule has 0 unspecified atom stereocenters. The van der Waals surface area contributed by atoms with Crippen LogP contribution in [0.2, 0.25) is 0 Å². The van der Waals surface area contributed by atoms with Crippen molar-refractivity contribution in [1.82, 2.24) is 29.3 Å². The van der Waals surface area contributed by atoms with E-state index in [9.17, 15) is 4.79 Å². The summed E-state index contributed by atoms with van der Waals surface area (Å²) in [6.45, 7) is 10.7. The van der Waals surface area contributed by atoms with Crippen molar-refractivity contribution in [3.8, 4) is 0 Å². The third-order valence-electron chi connectivity index (χ3n) is 5.70. The minimum Gasteiger partial charge on any atom is -0.356 e. The van der Waals surface area contributed by atoms with Gasteiger partial charge in [0.1, 0.15) is 11.6 Å². The van der Waals surface area contributed by atoms with Crippen LogP contribution >= 0.6 is 0 Å².